The van der Waals surface area contributed by atoms with Gasteiger partial charge >= 0.3 is 0 Å². The topological polar surface area (TPSA) is 26.3 Å². The van der Waals surface area contributed by atoms with Crippen LogP contribution in [0.15, 0.2) is 16.6 Å². The standard InChI is InChI=1S/C9H8BrFO2/c1-2-13-9-4-8(11)7(10)3-6(9)5-12/h3-5H,2H2,1H3. The minimum absolute atomic E-state index is 0.262. The Kier molecular flexibility index (Phi) is 3.42. The molecule has 0 aliphatic carbocycles. The number of carbonyl (C=O) groups excluding carboxylic acids is 1. The highest BCUT2D eigenvalue weighted by Crippen LogP contribution is 2.25. The van der Waals surface area contributed by atoms with Crippen molar-refractivity contribution < 1.29 is 13.9 Å². The summed E-state index contributed by atoms with van der Waals surface area (Å²) in [5.74, 6) is -0.160. The predicted octanol–water partition coefficient (Wildman–Crippen LogP) is 2.80. The summed E-state index contributed by atoms with van der Waals surface area (Å²) in [5.41, 5.74) is 0.343. The van der Waals surface area contributed by atoms with E-state index >= 15 is 0 Å². The first-order chi connectivity index (χ1) is 6.19. The number of hydrogen-bond donors (Lipinski definition) is 0. The summed E-state index contributed by atoms with van der Waals surface area (Å²) < 4.78 is 18.3. The van der Waals surface area contributed by atoms with Gasteiger partial charge in [-0.1, -0.05) is 0 Å². The summed E-state index contributed by atoms with van der Waals surface area (Å²) >= 11 is 2.98. The van der Waals surface area contributed by atoms with Gasteiger partial charge in [-0.2, -0.15) is 0 Å². The maximum atomic E-state index is 13.0. The third-order valence-electron chi connectivity index (χ3n) is 1.48. The van der Waals surface area contributed by atoms with Gasteiger partial charge in [0.2, 0.25) is 0 Å². The van der Waals surface area contributed by atoms with E-state index in [1.54, 1.807) is 6.92 Å². The van der Waals surface area contributed by atoms with Crippen molar-refractivity contribution in [1.82, 2.24) is 0 Å². The van der Waals surface area contributed by atoms with Gasteiger partial charge in [0.1, 0.15) is 11.6 Å². The van der Waals surface area contributed by atoms with Crippen molar-refractivity contribution in [2.45, 2.75) is 6.92 Å². The number of hydrogen-bond acceptors (Lipinski definition) is 2. The third-order valence-corrected chi connectivity index (χ3v) is 2.09. The molecule has 0 radical (unpaired) electrons. The molecular formula is C9H8BrFO2. The van der Waals surface area contributed by atoms with E-state index in [9.17, 15) is 9.18 Å². The van der Waals surface area contributed by atoms with Gasteiger partial charge in [0.25, 0.3) is 0 Å². The number of ether oxygens (including phenoxy) is 1. The Hall–Kier alpha value is -0.900. The highest BCUT2D eigenvalue weighted by atomic mass is 79.9. The Labute approximate surface area is 83.8 Å². The van der Waals surface area contributed by atoms with E-state index in [2.05, 4.69) is 15.9 Å². The fourth-order valence-electron chi connectivity index (χ4n) is 0.917. The van der Waals surface area contributed by atoms with Crippen LogP contribution in [0, 0.1) is 5.82 Å². The molecule has 13 heavy (non-hydrogen) atoms. The quantitative estimate of drug-likeness (QED) is 0.767. The molecule has 4 heteroatoms. The maximum absolute atomic E-state index is 13.0. The van der Waals surface area contributed by atoms with Gasteiger partial charge in [-0.25, -0.2) is 4.39 Å². The third kappa shape index (κ3) is 2.28. The van der Waals surface area contributed by atoms with Crippen LogP contribution in [0.3, 0.4) is 0 Å². The Balaban J connectivity index is 3.16. The molecule has 1 aromatic carbocycles. The van der Waals surface area contributed by atoms with Crippen LogP contribution >= 0.6 is 15.9 Å². The summed E-state index contributed by atoms with van der Waals surface area (Å²) in [5, 5.41) is 0. The molecule has 0 amide bonds. The second kappa shape index (κ2) is 4.37. The lowest BCUT2D eigenvalue weighted by Gasteiger charge is -2.06. The van der Waals surface area contributed by atoms with Crippen LogP contribution in [-0.2, 0) is 0 Å². The number of halogens is 2. The van der Waals surface area contributed by atoms with Crippen LogP contribution in [0.1, 0.15) is 17.3 Å². The van der Waals surface area contributed by atoms with E-state index in [0.717, 1.165) is 0 Å². The van der Waals surface area contributed by atoms with Gasteiger partial charge in [0.15, 0.2) is 6.29 Å². The molecule has 0 aromatic heterocycles. The molecule has 0 unspecified atom stereocenters. The van der Waals surface area contributed by atoms with Crippen LogP contribution in [0.4, 0.5) is 4.39 Å². The molecule has 2 nitrogen and oxygen atoms in total. The van der Waals surface area contributed by atoms with Crippen LogP contribution in [0.25, 0.3) is 0 Å². The van der Waals surface area contributed by atoms with Gasteiger partial charge in [-0.05, 0) is 28.9 Å². The van der Waals surface area contributed by atoms with Gasteiger partial charge in [0.05, 0.1) is 16.6 Å². The molecule has 0 saturated carbocycles. The SMILES string of the molecule is CCOc1cc(F)c(Br)cc1C=O. The molecule has 0 heterocycles. The molecule has 1 aromatic rings. The number of aldehydes is 1. The summed E-state index contributed by atoms with van der Waals surface area (Å²) in [4.78, 5) is 10.5. The van der Waals surface area contributed by atoms with E-state index in [1.165, 1.54) is 12.1 Å². The lowest BCUT2D eigenvalue weighted by molar-refractivity contribution is 0.111. The van der Waals surface area contributed by atoms with E-state index in [4.69, 9.17) is 4.74 Å². The number of carbonyl (C=O) groups is 1. The van der Waals surface area contributed by atoms with Crippen molar-refractivity contribution in [3.63, 3.8) is 0 Å². The van der Waals surface area contributed by atoms with Crippen molar-refractivity contribution in [3.8, 4) is 5.75 Å². The fourth-order valence-corrected chi connectivity index (χ4v) is 1.28. The number of rotatable bonds is 3. The first-order valence-electron chi connectivity index (χ1n) is 3.76. The second-order valence-corrected chi connectivity index (χ2v) is 3.21. The van der Waals surface area contributed by atoms with Crippen LogP contribution in [0.2, 0.25) is 0 Å². The molecule has 0 aliphatic heterocycles. The lowest BCUT2D eigenvalue weighted by atomic mass is 10.2. The summed E-state index contributed by atoms with van der Waals surface area (Å²) in [6.45, 7) is 2.18. The Morgan fingerprint density at radius 2 is 2.31 bits per heavy atom. The average Bonchev–Trinajstić information content (AvgIpc) is 2.11. The Morgan fingerprint density at radius 1 is 1.62 bits per heavy atom. The van der Waals surface area contributed by atoms with Crippen molar-refractivity contribution in [2.75, 3.05) is 6.61 Å². The highest BCUT2D eigenvalue weighted by molar-refractivity contribution is 9.10. The highest BCUT2D eigenvalue weighted by Gasteiger charge is 2.07. The van der Waals surface area contributed by atoms with E-state index in [1.807, 2.05) is 0 Å². The fraction of sp³-hybridized carbons (Fsp3) is 0.222. The summed E-state index contributed by atoms with van der Waals surface area (Å²) in [7, 11) is 0. The molecule has 0 atom stereocenters. The maximum Gasteiger partial charge on any atom is 0.153 e. The largest absolute Gasteiger partial charge is 0.493 e. The average molecular weight is 247 g/mol. The Morgan fingerprint density at radius 3 is 2.85 bits per heavy atom. The summed E-state index contributed by atoms with van der Waals surface area (Å²) in [6, 6.07) is 2.59. The zero-order valence-electron chi connectivity index (χ0n) is 7.01. The first-order valence-corrected chi connectivity index (χ1v) is 4.55. The van der Waals surface area contributed by atoms with E-state index in [-0.39, 0.29) is 10.2 Å². The van der Waals surface area contributed by atoms with E-state index < -0.39 is 5.82 Å². The molecule has 0 fully saturated rings. The first kappa shape index (κ1) is 10.2. The molecule has 0 bridgehead atoms. The van der Waals surface area contributed by atoms with Gasteiger partial charge in [-0.15, -0.1) is 0 Å². The molecule has 0 aliphatic rings. The minimum atomic E-state index is -0.436. The monoisotopic (exact) mass is 246 g/mol. The van der Waals surface area contributed by atoms with Crippen molar-refractivity contribution >= 4 is 22.2 Å². The molecule has 1 rings (SSSR count). The predicted molar refractivity (Wildman–Crippen MR) is 50.7 cm³/mol. The molecule has 0 saturated heterocycles. The molecule has 0 spiro atoms. The normalized spacial score (nSPS) is 9.77. The molecule has 70 valence electrons. The van der Waals surface area contributed by atoms with Crippen LogP contribution in [0.5, 0.6) is 5.75 Å². The smallest absolute Gasteiger partial charge is 0.153 e. The van der Waals surface area contributed by atoms with Crippen LogP contribution < -0.4 is 4.74 Å². The van der Waals surface area contributed by atoms with Gasteiger partial charge < -0.3 is 4.74 Å². The van der Waals surface area contributed by atoms with Crippen molar-refractivity contribution in [3.05, 3.63) is 28.0 Å². The van der Waals surface area contributed by atoms with Gasteiger partial charge in [0, 0.05) is 6.07 Å². The van der Waals surface area contributed by atoms with Crippen molar-refractivity contribution in [1.29, 1.82) is 0 Å². The molecular weight excluding hydrogens is 239 g/mol. The minimum Gasteiger partial charge on any atom is -0.493 e. The zero-order chi connectivity index (χ0) is 9.84. The second-order valence-electron chi connectivity index (χ2n) is 2.36. The molecule has 0 N–H and O–H groups in total. The lowest BCUT2D eigenvalue weighted by Crippen LogP contribution is -1.97. The zero-order valence-corrected chi connectivity index (χ0v) is 8.60. The van der Waals surface area contributed by atoms with E-state index in [0.29, 0.717) is 18.5 Å². The summed E-state index contributed by atoms with van der Waals surface area (Å²) in [6.07, 6.45) is 0.634. The van der Waals surface area contributed by atoms with Crippen molar-refractivity contribution in [2.24, 2.45) is 0 Å². The number of benzene rings is 1. The van der Waals surface area contributed by atoms with Crippen LogP contribution in [-0.4, -0.2) is 12.9 Å². The Bertz CT molecular complexity index is 326. The van der Waals surface area contributed by atoms with Gasteiger partial charge in [-0.3, -0.25) is 4.79 Å².